The van der Waals surface area contributed by atoms with Crippen LogP contribution in [0.1, 0.15) is 11.7 Å². The summed E-state index contributed by atoms with van der Waals surface area (Å²) < 4.78 is 6.03. The Morgan fingerprint density at radius 2 is 2.35 bits per heavy atom. The number of thiophene rings is 1. The van der Waals surface area contributed by atoms with Gasteiger partial charge in [0.1, 0.15) is 11.4 Å². The van der Waals surface area contributed by atoms with E-state index >= 15 is 0 Å². The summed E-state index contributed by atoms with van der Waals surface area (Å²) in [6, 6.07) is 1.99. The van der Waals surface area contributed by atoms with Crippen molar-refractivity contribution < 1.29 is 4.52 Å². The van der Waals surface area contributed by atoms with Gasteiger partial charge in [-0.3, -0.25) is 0 Å². The molecule has 3 aromatic rings. The van der Waals surface area contributed by atoms with E-state index in [1.54, 1.807) is 36.3 Å². The van der Waals surface area contributed by atoms with Gasteiger partial charge in [-0.15, -0.1) is 11.3 Å². The Hall–Kier alpha value is -1.47. The lowest BCUT2D eigenvalue weighted by Gasteiger charge is -1.98. The zero-order valence-electron chi connectivity index (χ0n) is 8.95. The normalized spacial score (nSPS) is 11.1. The van der Waals surface area contributed by atoms with Crippen LogP contribution in [0.3, 0.4) is 0 Å². The zero-order chi connectivity index (χ0) is 11.7. The van der Waals surface area contributed by atoms with Gasteiger partial charge in [-0.2, -0.15) is 4.98 Å². The van der Waals surface area contributed by atoms with Gasteiger partial charge in [0.2, 0.25) is 5.89 Å². The second-order valence-electron chi connectivity index (χ2n) is 3.33. The van der Waals surface area contributed by atoms with Crippen molar-refractivity contribution >= 4 is 33.3 Å². The molecule has 3 heterocycles. The molecule has 5 nitrogen and oxygen atoms in total. The summed E-state index contributed by atoms with van der Waals surface area (Å²) in [7, 11) is 0. The number of thioether (sulfide) groups is 1. The molecule has 0 atom stereocenters. The Balaban J connectivity index is 1.83. The maximum absolute atomic E-state index is 4.92. The Kier molecular flexibility index (Phi) is 2.77. The van der Waals surface area contributed by atoms with Crippen LogP contribution in [0.5, 0.6) is 0 Å². The smallest absolute Gasteiger partial charge is 0.223 e. The predicted molar refractivity (Wildman–Crippen MR) is 66.0 cm³/mol. The second-order valence-corrected chi connectivity index (χ2v) is 5.21. The van der Waals surface area contributed by atoms with E-state index in [2.05, 4.69) is 20.1 Å². The fourth-order valence-corrected chi connectivity index (χ4v) is 3.19. The molecule has 0 aromatic carbocycles. The van der Waals surface area contributed by atoms with Crippen molar-refractivity contribution in [3.05, 3.63) is 29.5 Å². The van der Waals surface area contributed by atoms with Gasteiger partial charge in [0.05, 0.1) is 16.0 Å². The van der Waals surface area contributed by atoms with Crippen molar-refractivity contribution in [1.29, 1.82) is 0 Å². The van der Waals surface area contributed by atoms with Crippen LogP contribution in [0.4, 0.5) is 0 Å². The third-order valence-corrected chi connectivity index (χ3v) is 4.14. The van der Waals surface area contributed by atoms with Crippen molar-refractivity contribution in [2.45, 2.75) is 17.7 Å². The number of hydrogen-bond acceptors (Lipinski definition) is 7. The average molecular weight is 264 g/mol. The van der Waals surface area contributed by atoms with Crippen LogP contribution in [-0.4, -0.2) is 20.1 Å². The van der Waals surface area contributed by atoms with Gasteiger partial charge in [0, 0.05) is 6.92 Å². The molecule has 0 aliphatic rings. The molecule has 17 heavy (non-hydrogen) atoms. The molecule has 0 radical (unpaired) electrons. The first-order valence-corrected chi connectivity index (χ1v) is 6.79. The van der Waals surface area contributed by atoms with E-state index in [0.29, 0.717) is 17.5 Å². The van der Waals surface area contributed by atoms with Gasteiger partial charge >= 0.3 is 0 Å². The number of aromatic nitrogens is 4. The summed E-state index contributed by atoms with van der Waals surface area (Å²) in [6.07, 6.45) is 1.58. The van der Waals surface area contributed by atoms with Crippen LogP contribution in [0.15, 0.2) is 27.3 Å². The molecule has 0 saturated carbocycles. The molecule has 7 heteroatoms. The van der Waals surface area contributed by atoms with E-state index in [1.165, 1.54) is 0 Å². The minimum absolute atomic E-state index is 0.588. The summed E-state index contributed by atoms with van der Waals surface area (Å²) in [5.74, 6) is 1.93. The molecule has 0 amide bonds. The van der Waals surface area contributed by atoms with E-state index in [9.17, 15) is 0 Å². The van der Waals surface area contributed by atoms with E-state index in [-0.39, 0.29) is 0 Å². The minimum Gasteiger partial charge on any atom is -0.340 e. The summed E-state index contributed by atoms with van der Waals surface area (Å²) in [5.41, 5.74) is 0.983. The second kappa shape index (κ2) is 4.42. The van der Waals surface area contributed by atoms with Crippen LogP contribution >= 0.6 is 23.1 Å². The number of hydrogen-bond donors (Lipinski definition) is 0. The molecule has 0 aliphatic carbocycles. The zero-order valence-corrected chi connectivity index (χ0v) is 10.6. The molecule has 0 saturated heterocycles. The number of nitrogens with zero attached hydrogens (tertiary/aromatic N) is 4. The minimum atomic E-state index is 0.588. The third-order valence-electron chi connectivity index (χ3n) is 2.12. The fraction of sp³-hybridized carbons (Fsp3) is 0.200. The van der Waals surface area contributed by atoms with Gasteiger partial charge in [-0.1, -0.05) is 16.9 Å². The topological polar surface area (TPSA) is 64.7 Å². The van der Waals surface area contributed by atoms with E-state index in [0.717, 1.165) is 15.2 Å². The maximum atomic E-state index is 4.92. The summed E-state index contributed by atoms with van der Waals surface area (Å²) >= 11 is 3.24. The lowest BCUT2D eigenvalue weighted by molar-refractivity contribution is 0.389. The fourth-order valence-electron chi connectivity index (χ4n) is 1.40. The third kappa shape index (κ3) is 2.16. The average Bonchev–Trinajstić information content (AvgIpc) is 2.94. The van der Waals surface area contributed by atoms with Gasteiger partial charge in [0.15, 0.2) is 5.82 Å². The van der Waals surface area contributed by atoms with Crippen LogP contribution in [0.25, 0.3) is 10.2 Å². The highest BCUT2D eigenvalue weighted by Crippen LogP contribution is 2.30. The molecule has 86 valence electrons. The van der Waals surface area contributed by atoms with Crippen molar-refractivity contribution in [3.63, 3.8) is 0 Å². The van der Waals surface area contributed by atoms with E-state index < -0.39 is 0 Å². The van der Waals surface area contributed by atoms with Crippen LogP contribution in [0, 0.1) is 6.92 Å². The number of fused-ring (bicyclic) bond motifs is 1. The number of rotatable bonds is 3. The first-order chi connectivity index (χ1) is 8.33. The highest BCUT2D eigenvalue weighted by Gasteiger charge is 2.08. The summed E-state index contributed by atoms with van der Waals surface area (Å²) in [6.45, 7) is 1.78. The molecule has 0 N–H and O–H groups in total. The van der Waals surface area contributed by atoms with Crippen molar-refractivity contribution in [2.24, 2.45) is 0 Å². The molecule has 0 aliphatic heterocycles. The SMILES string of the molecule is Cc1nc(CSc2ncnc3ccsc23)no1. The number of aryl methyl sites for hydroxylation is 1. The van der Waals surface area contributed by atoms with Gasteiger partial charge in [-0.25, -0.2) is 9.97 Å². The summed E-state index contributed by atoms with van der Waals surface area (Å²) in [5, 5.41) is 6.83. The van der Waals surface area contributed by atoms with Gasteiger partial charge < -0.3 is 4.52 Å². The van der Waals surface area contributed by atoms with Crippen molar-refractivity contribution in [1.82, 2.24) is 20.1 Å². The molecule has 3 aromatic heterocycles. The maximum Gasteiger partial charge on any atom is 0.223 e. The van der Waals surface area contributed by atoms with E-state index in [1.807, 2.05) is 11.4 Å². The molecule has 0 unspecified atom stereocenters. The lowest BCUT2D eigenvalue weighted by Crippen LogP contribution is -1.87. The van der Waals surface area contributed by atoms with Crippen LogP contribution in [-0.2, 0) is 5.75 Å². The highest BCUT2D eigenvalue weighted by atomic mass is 32.2. The Bertz CT molecular complexity index is 648. The molecule has 0 spiro atoms. The predicted octanol–water partition coefficient (Wildman–Crippen LogP) is 2.68. The first-order valence-electron chi connectivity index (χ1n) is 4.93. The van der Waals surface area contributed by atoms with Gasteiger partial charge in [0.25, 0.3) is 0 Å². The van der Waals surface area contributed by atoms with Gasteiger partial charge in [-0.05, 0) is 11.4 Å². The van der Waals surface area contributed by atoms with Crippen LogP contribution in [0.2, 0.25) is 0 Å². The largest absolute Gasteiger partial charge is 0.340 e. The molecule has 3 rings (SSSR count). The lowest BCUT2D eigenvalue weighted by atomic mass is 10.5. The molecule has 0 bridgehead atoms. The quantitative estimate of drug-likeness (QED) is 0.535. The van der Waals surface area contributed by atoms with Crippen LogP contribution < -0.4 is 0 Å². The molecular weight excluding hydrogens is 256 g/mol. The summed E-state index contributed by atoms with van der Waals surface area (Å²) in [4.78, 5) is 12.6. The molecular formula is C10H8N4OS2. The van der Waals surface area contributed by atoms with E-state index in [4.69, 9.17) is 4.52 Å². The highest BCUT2D eigenvalue weighted by molar-refractivity contribution is 7.98. The van der Waals surface area contributed by atoms with Crippen molar-refractivity contribution in [3.8, 4) is 0 Å². The Morgan fingerprint density at radius 1 is 1.41 bits per heavy atom. The monoisotopic (exact) mass is 264 g/mol. The Morgan fingerprint density at radius 3 is 3.18 bits per heavy atom. The van der Waals surface area contributed by atoms with Crippen molar-refractivity contribution in [2.75, 3.05) is 0 Å². The molecule has 0 fully saturated rings. The first kappa shape index (κ1) is 10.7. The Labute approximate surface area is 105 Å². The standard InChI is InChI=1S/C10H8N4OS2/c1-6-13-8(14-15-6)4-17-10-9-7(2-3-16-9)11-5-12-10/h2-3,5H,4H2,1H3.